The maximum Gasteiger partial charge on any atom is 0.138 e. The van der Waals surface area contributed by atoms with Gasteiger partial charge in [-0.25, -0.2) is 4.39 Å². The third kappa shape index (κ3) is 4.39. The number of phenols is 1. The van der Waals surface area contributed by atoms with Gasteiger partial charge in [0.25, 0.3) is 0 Å². The number of H-pyrrole nitrogens is 2. The summed E-state index contributed by atoms with van der Waals surface area (Å²) >= 11 is 0. The Balaban J connectivity index is 1.25. The van der Waals surface area contributed by atoms with E-state index in [1.807, 2.05) is 54.6 Å². The van der Waals surface area contributed by atoms with E-state index in [2.05, 4.69) is 30.1 Å². The van der Waals surface area contributed by atoms with Gasteiger partial charge < -0.3 is 14.8 Å². The molecule has 0 radical (unpaired) electrons. The third-order valence-electron chi connectivity index (χ3n) is 6.66. The number of benzene rings is 2. The van der Waals surface area contributed by atoms with E-state index in [0.717, 1.165) is 50.4 Å². The van der Waals surface area contributed by atoms with E-state index in [4.69, 9.17) is 4.74 Å². The first-order valence-electron chi connectivity index (χ1n) is 12.5. The number of aromatic hydroxyl groups is 1. The van der Waals surface area contributed by atoms with Crippen molar-refractivity contribution >= 4 is 21.8 Å². The SMILES string of the molecule is Oc1cc(F)cc(-c2nccc3[nH]c(-c4n[nH]c5cnc(-c6cncc(OCc7ccccc7)c6)cc45)cc23)c1. The van der Waals surface area contributed by atoms with Crippen molar-refractivity contribution in [1.29, 1.82) is 0 Å². The minimum atomic E-state index is -0.535. The first kappa shape index (κ1) is 23.5. The zero-order valence-corrected chi connectivity index (χ0v) is 21.0. The van der Waals surface area contributed by atoms with Gasteiger partial charge in [-0.2, -0.15) is 5.10 Å². The van der Waals surface area contributed by atoms with Crippen molar-refractivity contribution in [2.24, 2.45) is 0 Å². The lowest BCUT2D eigenvalue weighted by Crippen LogP contribution is -1.96. The zero-order chi connectivity index (χ0) is 27.1. The summed E-state index contributed by atoms with van der Waals surface area (Å²) in [5, 5.41) is 19.2. The van der Waals surface area contributed by atoms with Crippen molar-refractivity contribution in [3.63, 3.8) is 0 Å². The summed E-state index contributed by atoms with van der Waals surface area (Å²) in [5.74, 6) is -0.0477. The highest BCUT2D eigenvalue weighted by Gasteiger charge is 2.16. The fraction of sp³-hybridized carbons (Fsp3) is 0.0323. The molecule has 0 aliphatic carbocycles. The maximum absolute atomic E-state index is 14.0. The van der Waals surface area contributed by atoms with Crippen molar-refractivity contribution in [2.45, 2.75) is 6.61 Å². The summed E-state index contributed by atoms with van der Waals surface area (Å²) in [4.78, 5) is 16.8. The summed E-state index contributed by atoms with van der Waals surface area (Å²) in [5.41, 5.74) is 6.68. The van der Waals surface area contributed by atoms with E-state index >= 15 is 0 Å². The van der Waals surface area contributed by atoms with Crippen LogP contribution in [0.1, 0.15) is 5.56 Å². The number of halogens is 1. The average molecular weight is 529 g/mol. The summed E-state index contributed by atoms with van der Waals surface area (Å²) in [6.07, 6.45) is 6.82. The van der Waals surface area contributed by atoms with E-state index in [9.17, 15) is 9.50 Å². The van der Waals surface area contributed by atoms with Gasteiger partial charge in [0.05, 0.1) is 35.0 Å². The molecule has 5 heterocycles. The molecular weight excluding hydrogens is 507 g/mol. The largest absolute Gasteiger partial charge is 0.508 e. The number of ether oxygens (including phenoxy) is 1. The second-order valence-electron chi connectivity index (χ2n) is 9.37. The Labute approximate surface area is 227 Å². The number of nitrogens with zero attached hydrogens (tertiary/aromatic N) is 4. The summed E-state index contributed by atoms with van der Waals surface area (Å²) in [7, 11) is 0. The lowest BCUT2D eigenvalue weighted by Gasteiger charge is -2.08. The second kappa shape index (κ2) is 9.63. The Hall–Kier alpha value is -5.57. The molecule has 0 amide bonds. The number of hydrogen-bond donors (Lipinski definition) is 3. The van der Waals surface area contributed by atoms with Gasteiger partial charge in [0, 0.05) is 45.9 Å². The molecule has 0 atom stereocenters. The molecule has 8 nitrogen and oxygen atoms in total. The van der Waals surface area contributed by atoms with Gasteiger partial charge in [-0.15, -0.1) is 0 Å². The minimum absolute atomic E-state index is 0.160. The summed E-state index contributed by atoms with van der Waals surface area (Å²) in [6, 6.07) is 21.5. The molecule has 0 saturated heterocycles. The maximum atomic E-state index is 14.0. The first-order chi connectivity index (χ1) is 19.6. The number of hydrogen-bond acceptors (Lipinski definition) is 6. The van der Waals surface area contributed by atoms with Crippen LogP contribution in [0.15, 0.2) is 97.6 Å². The van der Waals surface area contributed by atoms with Crippen LogP contribution < -0.4 is 4.74 Å². The van der Waals surface area contributed by atoms with Gasteiger partial charge in [0.2, 0.25) is 0 Å². The van der Waals surface area contributed by atoms with Crippen LogP contribution >= 0.6 is 0 Å². The highest BCUT2D eigenvalue weighted by Crippen LogP contribution is 2.35. The van der Waals surface area contributed by atoms with Crippen molar-refractivity contribution in [1.82, 2.24) is 30.1 Å². The van der Waals surface area contributed by atoms with Crippen LogP contribution in [0.4, 0.5) is 4.39 Å². The Morgan fingerprint density at radius 2 is 1.68 bits per heavy atom. The van der Waals surface area contributed by atoms with Crippen LogP contribution in [0.2, 0.25) is 0 Å². The average Bonchev–Trinajstić information content (AvgIpc) is 3.60. The molecule has 5 aromatic heterocycles. The Kier molecular flexibility index (Phi) is 5.67. The first-order valence-corrected chi connectivity index (χ1v) is 12.5. The number of aromatic amines is 2. The monoisotopic (exact) mass is 528 g/mol. The van der Waals surface area contributed by atoms with Gasteiger partial charge in [-0.05, 0) is 42.0 Å². The smallest absolute Gasteiger partial charge is 0.138 e. The summed E-state index contributed by atoms with van der Waals surface area (Å²) in [6.45, 7) is 0.441. The number of nitrogens with one attached hydrogen (secondary N) is 2. The molecule has 0 spiro atoms. The molecule has 9 heteroatoms. The van der Waals surface area contributed by atoms with Crippen LogP contribution in [-0.2, 0) is 6.61 Å². The van der Waals surface area contributed by atoms with Crippen LogP contribution in [0.25, 0.3) is 55.7 Å². The van der Waals surface area contributed by atoms with E-state index < -0.39 is 5.82 Å². The number of fused-ring (bicyclic) bond motifs is 2. The quantitative estimate of drug-likeness (QED) is 0.223. The standard InChI is InChI=1S/C31H21FN6O2/c32-21-8-19(9-22(39)11-21)30-24-13-28(36-26(24)6-7-34-30)31-25-12-27(35-16-29(25)37-38-31)20-10-23(15-33-14-20)40-17-18-4-2-1-3-5-18/h1-16,36,39H,17H2,(H,37,38). The van der Waals surface area contributed by atoms with Crippen LogP contribution in [0.3, 0.4) is 0 Å². The van der Waals surface area contributed by atoms with Crippen molar-refractivity contribution < 1.29 is 14.2 Å². The predicted octanol–water partition coefficient (Wildman–Crippen LogP) is 6.65. The van der Waals surface area contributed by atoms with Crippen LogP contribution in [0.5, 0.6) is 11.5 Å². The van der Waals surface area contributed by atoms with Gasteiger partial charge in [0.15, 0.2) is 0 Å². The van der Waals surface area contributed by atoms with E-state index in [-0.39, 0.29) is 5.75 Å². The van der Waals surface area contributed by atoms with Gasteiger partial charge in [-0.3, -0.25) is 20.1 Å². The molecule has 194 valence electrons. The molecule has 0 fully saturated rings. The molecule has 40 heavy (non-hydrogen) atoms. The molecule has 0 aliphatic heterocycles. The van der Waals surface area contributed by atoms with Gasteiger partial charge >= 0.3 is 0 Å². The molecule has 7 aromatic rings. The predicted molar refractivity (Wildman–Crippen MR) is 150 cm³/mol. The normalized spacial score (nSPS) is 11.3. The number of rotatable bonds is 6. The zero-order valence-electron chi connectivity index (χ0n) is 21.0. The molecule has 7 rings (SSSR count). The van der Waals surface area contributed by atoms with Crippen molar-refractivity contribution in [2.75, 3.05) is 0 Å². The number of phenolic OH excluding ortho intramolecular Hbond substituents is 1. The van der Waals surface area contributed by atoms with E-state index in [0.29, 0.717) is 29.3 Å². The third-order valence-corrected chi connectivity index (χ3v) is 6.66. The Bertz CT molecular complexity index is 1980. The van der Waals surface area contributed by atoms with Crippen molar-refractivity contribution in [3.8, 4) is 45.4 Å². The molecule has 0 saturated carbocycles. The highest BCUT2D eigenvalue weighted by molar-refractivity contribution is 6.00. The van der Waals surface area contributed by atoms with E-state index in [1.54, 1.807) is 24.8 Å². The molecule has 0 aliphatic rings. The molecule has 2 aromatic carbocycles. The molecule has 0 bridgehead atoms. The number of aromatic nitrogens is 6. The van der Waals surface area contributed by atoms with Gasteiger partial charge in [0.1, 0.15) is 29.6 Å². The highest BCUT2D eigenvalue weighted by atomic mass is 19.1. The molecule has 3 N–H and O–H groups in total. The molecular formula is C31H21FN6O2. The van der Waals surface area contributed by atoms with Crippen LogP contribution in [0, 0.1) is 5.82 Å². The Morgan fingerprint density at radius 1 is 0.800 bits per heavy atom. The number of pyridine rings is 3. The van der Waals surface area contributed by atoms with Crippen molar-refractivity contribution in [3.05, 3.63) is 109 Å². The lowest BCUT2D eigenvalue weighted by atomic mass is 10.1. The van der Waals surface area contributed by atoms with Crippen LogP contribution in [-0.4, -0.2) is 35.2 Å². The minimum Gasteiger partial charge on any atom is -0.508 e. The lowest BCUT2D eigenvalue weighted by molar-refractivity contribution is 0.305. The fourth-order valence-corrected chi connectivity index (χ4v) is 4.78. The summed E-state index contributed by atoms with van der Waals surface area (Å²) < 4.78 is 20.0. The second-order valence-corrected chi connectivity index (χ2v) is 9.37. The Morgan fingerprint density at radius 3 is 2.55 bits per heavy atom. The van der Waals surface area contributed by atoms with Gasteiger partial charge in [-0.1, -0.05) is 30.3 Å². The topological polar surface area (TPSA) is 113 Å². The molecule has 0 unspecified atom stereocenters. The van der Waals surface area contributed by atoms with E-state index in [1.165, 1.54) is 12.1 Å². The fourth-order valence-electron chi connectivity index (χ4n) is 4.78.